The summed E-state index contributed by atoms with van der Waals surface area (Å²) in [5, 5.41) is 14.1. The van der Waals surface area contributed by atoms with Gasteiger partial charge in [0.2, 0.25) is 0 Å². The molecule has 5 rings (SSSR count). The van der Waals surface area contributed by atoms with Crippen LogP contribution in [0.15, 0.2) is 28.2 Å². The number of guanidine groups is 1. The van der Waals surface area contributed by atoms with Crippen LogP contribution in [0.4, 0.5) is 4.39 Å². The lowest BCUT2D eigenvalue weighted by Gasteiger charge is -2.35. The molecular weight excluding hydrogens is 465 g/mol. The molecule has 35 heavy (non-hydrogen) atoms. The van der Waals surface area contributed by atoms with Crippen molar-refractivity contribution in [2.75, 3.05) is 31.2 Å². The quantitative estimate of drug-likeness (QED) is 0.432. The van der Waals surface area contributed by atoms with Gasteiger partial charge < -0.3 is 20.3 Å². The molecule has 3 fully saturated rings. The molecule has 1 aromatic heterocycles. The number of hydrogen-bond acceptors (Lipinski definition) is 4. The van der Waals surface area contributed by atoms with Crippen molar-refractivity contribution >= 4 is 33.5 Å². The highest BCUT2D eigenvalue weighted by molar-refractivity contribution is 7.85. The van der Waals surface area contributed by atoms with E-state index in [4.69, 9.17) is 9.98 Å². The maximum Gasteiger partial charge on any atom is 0.199 e. The van der Waals surface area contributed by atoms with Crippen molar-refractivity contribution < 1.29 is 13.7 Å². The van der Waals surface area contributed by atoms with Gasteiger partial charge in [0, 0.05) is 52.0 Å². The summed E-state index contributed by atoms with van der Waals surface area (Å²) in [6, 6.07) is 5.07. The topological polar surface area (TPSA) is 93.1 Å². The van der Waals surface area contributed by atoms with Crippen molar-refractivity contribution in [3.63, 3.8) is 0 Å². The number of aryl methyl sites for hydroxylation is 1. The standard InChI is InChI=1S/C26H36FN5O2S/c1-3-22-24(21-14-19(27)4-5-23(21)30-22)18-6-11-32(12-7-18)25(29-20-8-13-35(34)15-20)28-17(2)31-26(16-33)9-10-26/h4-5,14,18,20,30,33H,3,6-13,15-16H2,1-2H3,(H,28,29,31). The Morgan fingerprint density at radius 1 is 1.31 bits per heavy atom. The summed E-state index contributed by atoms with van der Waals surface area (Å²) in [6.07, 6.45) is 5.45. The van der Waals surface area contributed by atoms with E-state index in [9.17, 15) is 13.7 Å². The SMILES string of the molecule is CCc1[nH]c2ccc(F)cc2c1C1CCN(C(=NC2CCS(=O)C2)NC(C)=NC2(CO)CC2)CC1. The second-order valence-electron chi connectivity index (χ2n) is 10.2. The largest absolute Gasteiger partial charge is 0.394 e. The maximum atomic E-state index is 14.1. The average Bonchev–Trinajstić information content (AvgIpc) is 3.34. The number of aromatic amines is 1. The highest BCUT2D eigenvalue weighted by Crippen LogP contribution is 2.39. The van der Waals surface area contributed by atoms with E-state index in [2.05, 4.69) is 22.1 Å². The van der Waals surface area contributed by atoms with E-state index >= 15 is 0 Å². The predicted octanol–water partition coefficient (Wildman–Crippen LogP) is 3.46. The molecule has 0 radical (unpaired) electrons. The summed E-state index contributed by atoms with van der Waals surface area (Å²) in [7, 11) is -0.790. The second-order valence-corrected chi connectivity index (χ2v) is 11.9. The number of rotatable bonds is 5. The number of aliphatic imine (C=N–C) groups is 2. The molecule has 2 aromatic rings. The van der Waals surface area contributed by atoms with E-state index in [1.165, 1.54) is 17.3 Å². The Morgan fingerprint density at radius 3 is 2.71 bits per heavy atom. The Morgan fingerprint density at radius 2 is 2.09 bits per heavy atom. The normalized spacial score (nSPS) is 25.4. The van der Waals surface area contributed by atoms with Gasteiger partial charge in [-0.3, -0.25) is 9.20 Å². The number of aromatic nitrogens is 1. The Hall–Kier alpha value is -2.26. The summed E-state index contributed by atoms with van der Waals surface area (Å²) in [5.41, 5.74) is 3.14. The molecule has 190 valence electrons. The fourth-order valence-corrected chi connectivity index (χ4v) is 6.85. The first-order valence-electron chi connectivity index (χ1n) is 12.8. The van der Waals surface area contributed by atoms with Crippen LogP contribution in [0.1, 0.15) is 63.1 Å². The first-order chi connectivity index (χ1) is 16.9. The molecule has 1 saturated carbocycles. The van der Waals surface area contributed by atoms with Crippen LogP contribution in [0, 0.1) is 5.82 Å². The van der Waals surface area contributed by atoms with Gasteiger partial charge in [-0.05, 0) is 75.1 Å². The van der Waals surface area contributed by atoms with Gasteiger partial charge in [0.05, 0.1) is 18.2 Å². The zero-order valence-electron chi connectivity index (χ0n) is 20.6. The lowest BCUT2D eigenvalue weighted by molar-refractivity contribution is 0.257. The summed E-state index contributed by atoms with van der Waals surface area (Å²) < 4.78 is 26.0. The average molecular weight is 502 g/mol. The molecular formula is C26H36FN5O2S. The molecule has 0 amide bonds. The number of aliphatic hydroxyl groups is 1. The molecule has 3 N–H and O–H groups in total. The first-order valence-corrected chi connectivity index (χ1v) is 14.3. The zero-order valence-corrected chi connectivity index (χ0v) is 21.5. The van der Waals surface area contributed by atoms with Crippen molar-refractivity contribution in [1.82, 2.24) is 15.2 Å². The number of fused-ring (bicyclic) bond motifs is 1. The van der Waals surface area contributed by atoms with Crippen LogP contribution in [0.2, 0.25) is 0 Å². The smallest absolute Gasteiger partial charge is 0.199 e. The van der Waals surface area contributed by atoms with Gasteiger partial charge in [0.1, 0.15) is 11.7 Å². The molecule has 0 spiro atoms. The summed E-state index contributed by atoms with van der Waals surface area (Å²) in [4.78, 5) is 15.5. The molecule has 1 aliphatic carbocycles. The van der Waals surface area contributed by atoms with Crippen LogP contribution in [0.3, 0.4) is 0 Å². The van der Waals surface area contributed by atoms with Gasteiger partial charge in [0.15, 0.2) is 5.96 Å². The van der Waals surface area contributed by atoms with Gasteiger partial charge in [-0.25, -0.2) is 9.38 Å². The maximum absolute atomic E-state index is 14.1. The van der Waals surface area contributed by atoms with Crippen LogP contribution in [0.5, 0.6) is 0 Å². The third-order valence-corrected chi connectivity index (χ3v) is 9.07. The minimum atomic E-state index is -0.790. The molecule has 0 bridgehead atoms. The minimum absolute atomic E-state index is 0.0554. The predicted molar refractivity (Wildman–Crippen MR) is 140 cm³/mol. The Bertz CT molecular complexity index is 1160. The molecule has 7 nitrogen and oxygen atoms in total. The first kappa shape index (κ1) is 24.4. The van der Waals surface area contributed by atoms with E-state index < -0.39 is 10.8 Å². The third kappa shape index (κ3) is 5.31. The lowest BCUT2D eigenvalue weighted by Crippen LogP contribution is -2.48. The van der Waals surface area contributed by atoms with E-state index in [0.717, 1.165) is 74.3 Å². The number of amidine groups is 1. The molecule has 1 aromatic carbocycles. The van der Waals surface area contributed by atoms with Gasteiger partial charge >= 0.3 is 0 Å². The van der Waals surface area contributed by atoms with Gasteiger partial charge in [-0.2, -0.15) is 0 Å². The summed E-state index contributed by atoms with van der Waals surface area (Å²) in [6.45, 7) is 5.79. The summed E-state index contributed by atoms with van der Waals surface area (Å²) in [5.74, 6) is 3.03. The lowest BCUT2D eigenvalue weighted by atomic mass is 9.87. The fraction of sp³-hybridized carbons (Fsp3) is 0.615. The van der Waals surface area contributed by atoms with Crippen LogP contribution < -0.4 is 5.32 Å². The Labute approximate surface area is 208 Å². The molecule has 3 aliphatic rings. The Balaban J connectivity index is 1.35. The number of nitrogens with zero attached hydrogens (tertiary/aromatic N) is 3. The molecule has 2 saturated heterocycles. The Kier molecular flexibility index (Phi) is 6.99. The monoisotopic (exact) mass is 501 g/mol. The number of hydrogen-bond donors (Lipinski definition) is 3. The van der Waals surface area contributed by atoms with E-state index in [0.29, 0.717) is 17.4 Å². The van der Waals surface area contributed by atoms with E-state index in [-0.39, 0.29) is 24.0 Å². The van der Waals surface area contributed by atoms with Gasteiger partial charge in [-0.15, -0.1) is 0 Å². The molecule has 2 unspecified atom stereocenters. The number of H-pyrrole nitrogens is 1. The second kappa shape index (κ2) is 10.0. The molecule has 2 atom stereocenters. The number of halogens is 1. The fourth-order valence-electron chi connectivity index (χ4n) is 5.48. The van der Waals surface area contributed by atoms with Crippen LogP contribution in [-0.2, 0) is 17.2 Å². The highest BCUT2D eigenvalue weighted by atomic mass is 32.2. The number of piperidine rings is 1. The van der Waals surface area contributed by atoms with Gasteiger partial charge in [0.25, 0.3) is 0 Å². The van der Waals surface area contributed by atoms with Crippen molar-refractivity contribution in [2.45, 2.75) is 69.9 Å². The molecule has 3 heterocycles. The molecule has 9 heteroatoms. The van der Waals surface area contributed by atoms with E-state index in [1.54, 1.807) is 6.07 Å². The summed E-state index contributed by atoms with van der Waals surface area (Å²) >= 11 is 0. The highest BCUT2D eigenvalue weighted by Gasteiger charge is 2.42. The van der Waals surface area contributed by atoms with Crippen LogP contribution >= 0.6 is 0 Å². The third-order valence-electron chi connectivity index (χ3n) is 7.62. The van der Waals surface area contributed by atoms with Crippen molar-refractivity contribution in [1.29, 1.82) is 0 Å². The number of aliphatic hydroxyl groups excluding tert-OH is 1. The van der Waals surface area contributed by atoms with Crippen molar-refractivity contribution in [3.8, 4) is 0 Å². The molecule has 2 aliphatic heterocycles. The van der Waals surface area contributed by atoms with Crippen molar-refractivity contribution in [2.24, 2.45) is 9.98 Å². The van der Waals surface area contributed by atoms with E-state index in [1.807, 2.05) is 13.0 Å². The number of nitrogens with one attached hydrogen (secondary N) is 2. The minimum Gasteiger partial charge on any atom is -0.394 e. The van der Waals surface area contributed by atoms with Crippen LogP contribution in [0.25, 0.3) is 10.9 Å². The van der Waals surface area contributed by atoms with Crippen molar-refractivity contribution in [3.05, 3.63) is 35.3 Å². The van der Waals surface area contributed by atoms with Crippen LogP contribution in [-0.4, -0.2) is 73.8 Å². The number of benzene rings is 1. The number of likely N-dealkylation sites (tertiary alicyclic amines) is 1. The van der Waals surface area contributed by atoms with Gasteiger partial charge in [-0.1, -0.05) is 6.92 Å². The zero-order chi connectivity index (χ0) is 24.6.